The van der Waals surface area contributed by atoms with E-state index in [1.54, 1.807) is 0 Å². The molecule has 0 spiro atoms. The zero-order chi connectivity index (χ0) is 25.3. The Morgan fingerprint density at radius 3 is 2.35 bits per heavy atom. The number of alkyl halides is 6. The number of aromatic amines is 1. The van der Waals surface area contributed by atoms with E-state index in [1.807, 2.05) is 0 Å². The number of H-pyrrole nitrogens is 1. The summed E-state index contributed by atoms with van der Waals surface area (Å²) < 4.78 is 78.5. The van der Waals surface area contributed by atoms with Crippen molar-refractivity contribution in [3.8, 4) is 0 Å². The summed E-state index contributed by atoms with van der Waals surface area (Å²) in [5.74, 6) is -1.03. The molecular weight excluding hydrogens is 509 g/mol. The van der Waals surface area contributed by atoms with E-state index in [0.29, 0.717) is 0 Å². The van der Waals surface area contributed by atoms with Gasteiger partial charge in [0.15, 0.2) is 5.69 Å². The molecule has 180 valence electrons. The number of halogens is 8. The van der Waals surface area contributed by atoms with Gasteiger partial charge in [0, 0.05) is 22.7 Å². The maximum absolute atomic E-state index is 13.1. The molecule has 2 N–H and O–H groups in total. The number of carbonyl (C=O) groups excluding carboxylic acids is 1. The first-order chi connectivity index (χ1) is 15.8. The smallest absolute Gasteiger partial charge is 0.310 e. The monoisotopic (exact) mass is 522 g/mol. The number of nitrogens with zero attached hydrogens (tertiary/aromatic N) is 2. The van der Waals surface area contributed by atoms with Crippen LogP contribution in [0.4, 0.5) is 32.0 Å². The SMILES string of the molecule is Cc1c(C(F)(F)F)n[nH]c1CC(=Nc1cccc(C(F)(F)F)c1)NC(=O)c1ccc(Cl)cc1Cl. The molecule has 1 heterocycles. The van der Waals surface area contributed by atoms with Crippen LogP contribution in [0.2, 0.25) is 10.0 Å². The Balaban J connectivity index is 2.01. The van der Waals surface area contributed by atoms with Crippen molar-refractivity contribution in [2.75, 3.05) is 0 Å². The van der Waals surface area contributed by atoms with Crippen molar-refractivity contribution in [3.63, 3.8) is 0 Å². The molecule has 13 heteroatoms. The van der Waals surface area contributed by atoms with Crippen LogP contribution in [-0.2, 0) is 18.8 Å². The Morgan fingerprint density at radius 1 is 1.06 bits per heavy atom. The van der Waals surface area contributed by atoms with E-state index in [9.17, 15) is 31.1 Å². The lowest BCUT2D eigenvalue weighted by Gasteiger charge is -2.12. The van der Waals surface area contributed by atoms with Crippen molar-refractivity contribution in [2.24, 2.45) is 4.99 Å². The predicted octanol–water partition coefficient (Wildman–Crippen LogP) is 6.77. The maximum Gasteiger partial charge on any atom is 0.435 e. The minimum Gasteiger partial charge on any atom is -0.310 e. The molecule has 0 aliphatic carbocycles. The number of aromatic nitrogens is 2. The van der Waals surface area contributed by atoms with Crippen LogP contribution >= 0.6 is 23.2 Å². The summed E-state index contributed by atoms with van der Waals surface area (Å²) >= 11 is 11.8. The second-order valence-electron chi connectivity index (χ2n) is 7.04. The molecule has 34 heavy (non-hydrogen) atoms. The third-order valence-electron chi connectivity index (χ3n) is 4.59. The zero-order valence-electron chi connectivity index (χ0n) is 17.1. The minimum absolute atomic E-state index is 0.0134. The van der Waals surface area contributed by atoms with Gasteiger partial charge in [0.05, 0.1) is 21.8 Å². The van der Waals surface area contributed by atoms with Crippen LogP contribution in [0, 0.1) is 6.92 Å². The van der Waals surface area contributed by atoms with Crippen molar-refractivity contribution >= 4 is 40.6 Å². The largest absolute Gasteiger partial charge is 0.435 e. The molecule has 0 aliphatic heterocycles. The van der Waals surface area contributed by atoms with Crippen LogP contribution in [0.1, 0.15) is 32.9 Å². The first-order valence-electron chi connectivity index (χ1n) is 9.38. The molecule has 5 nitrogen and oxygen atoms in total. The highest BCUT2D eigenvalue weighted by Gasteiger charge is 2.36. The summed E-state index contributed by atoms with van der Waals surface area (Å²) in [6.45, 7) is 1.17. The Bertz CT molecular complexity index is 1250. The molecule has 3 aromatic rings. The van der Waals surface area contributed by atoms with E-state index >= 15 is 0 Å². The van der Waals surface area contributed by atoms with Gasteiger partial charge in [-0.3, -0.25) is 9.89 Å². The number of carbonyl (C=O) groups is 1. The third-order valence-corrected chi connectivity index (χ3v) is 5.14. The number of amides is 1. The van der Waals surface area contributed by atoms with Crippen molar-refractivity contribution in [2.45, 2.75) is 25.7 Å². The second kappa shape index (κ2) is 9.67. The molecule has 0 saturated heterocycles. The van der Waals surface area contributed by atoms with Crippen molar-refractivity contribution in [1.82, 2.24) is 15.5 Å². The van der Waals surface area contributed by atoms with Gasteiger partial charge in [0.2, 0.25) is 0 Å². The molecule has 0 atom stereocenters. The molecule has 0 aliphatic rings. The predicted molar refractivity (Wildman–Crippen MR) is 114 cm³/mol. The van der Waals surface area contributed by atoms with Crippen molar-refractivity contribution in [3.05, 3.63) is 80.6 Å². The molecule has 2 aromatic carbocycles. The molecule has 1 aromatic heterocycles. The van der Waals surface area contributed by atoms with Gasteiger partial charge >= 0.3 is 12.4 Å². The highest BCUT2D eigenvalue weighted by atomic mass is 35.5. The lowest BCUT2D eigenvalue weighted by molar-refractivity contribution is -0.141. The highest BCUT2D eigenvalue weighted by molar-refractivity contribution is 6.37. The van der Waals surface area contributed by atoms with Crippen molar-refractivity contribution in [1.29, 1.82) is 0 Å². The number of aliphatic imine (C=N–C) groups is 1. The Morgan fingerprint density at radius 2 is 1.76 bits per heavy atom. The van der Waals surface area contributed by atoms with Gasteiger partial charge in [-0.05, 0) is 43.3 Å². The summed E-state index contributed by atoms with van der Waals surface area (Å²) in [5.41, 5.74) is -2.64. The lowest BCUT2D eigenvalue weighted by Crippen LogP contribution is -2.32. The number of rotatable bonds is 4. The number of benzene rings is 2. The number of hydrogen-bond donors (Lipinski definition) is 2. The molecule has 0 radical (unpaired) electrons. The quantitative estimate of drug-likeness (QED) is 0.225. The lowest BCUT2D eigenvalue weighted by atomic mass is 10.1. The summed E-state index contributed by atoms with van der Waals surface area (Å²) in [7, 11) is 0. The number of hydrogen-bond acceptors (Lipinski definition) is 3. The van der Waals surface area contributed by atoms with Gasteiger partial charge in [0.25, 0.3) is 5.91 Å². The minimum atomic E-state index is -4.72. The van der Waals surface area contributed by atoms with Gasteiger partial charge in [0.1, 0.15) is 5.84 Å². The fourth-order valence-electron chi connectivity index (χ4n) is 2.94. The molecule has 1 amide bonds. The Kier molecular flexibility index (Phi) is 7.27. The van der Waals surface area contributed by atoms with Crippen LogP contribution in [0.15, 0.2) is 47.5 Å². The highest BCUT2D eigenvalue weighted by Crippen LogP contribution is 2.33. The fraction of sp³-hybridized carbons (Fsp3) is 0.190. The third kappa shape index (κ3) is 6.09. The molecular formula is C21H14Cl2F6N4O. The first-order valence-corrected chi connectivity index (χ1v) is 10.1. The van der Waals surface area contributed by atoms with Crippen LogP contribution in [0.3, 0.4) is 0 Å². The van der Waals surface area contributed by atoms with E-state index < -0.39 is 35.9 Å². The maximum atomic E-state index is 13.1. The van der Waals surface area contributed by atoms with Gasteiger partial charge < -0.3 is 5.32 Å². The van der Waals surface area contributed by atoms with E-state index in [-0.39, 0.29) is 38.4 Å². The summed E-state index contributed by atoms with van der Waals surface area (Å²) in [4.78, 5) is 16.8. The van der Waals surface area contributed by atoms with Crippen LogP contribution in [0.25, 0.3) is 0 Å². The normalized spacial score (nSPS) is 12.7. The molecule has 0 unspecified atom stereocenters. The molecule has 3 rings (SSSR count). The molecule has 0 saturated carbocycles. The summed E-state index contributed by atoms with van der Waals surface area (Å²) in [5, 5.41) is 8.13. The Labute approximate surface area is 198 Å². The van der Waals surface area contributed by atoms with Crippen LogP contribution in [-0.4, -0.2) is 21.9 Å². The van der Waals surface area contributed by atoms with Crippen LogP contribution in [0.5, 0.6) is 0 Å². The molecule has 0 bridgehead atoms. The standard InChI is InChI=1S/C21H14Cl2F6N4O/c1-10-16(32-33-18(10)21(27,28)29)9-17(30-13-4-2-3-11(7-13)20(24,25)26)31-19(34)14-6-5-12(22)8-15(14)23/h2-8H,9H2,1H3,(H,32,33)(H,30,31,34). The van der Waals surface area contributed by atoms with Gasteiger partial charge in [-0.1, -0.05) is 29.3 Å². The summed E-state index contributed by atoms with van der Waals surface area (Å²) in [6.07, 6.45) is -9.77. The van der Waals surface area contributed by atoms with Crippen molar-refractivity contribution < 1.29 is 31.1 Å². The topological polar surface area (TPSA) is 70.1 Å². The summed E-state index contributed by atoms with van der Waals surface area (Å²) in [6, 6.07) is 7.93. The zero-order valence-corrected chi connectivity index (χ0v) is 18.6. The van der Waals surface area contributed by atoms with E-state index in [4.69, 9.17) is 23.2 Å². The van der Waals surface area contributed by atoms with E-state index in [1.165, 1.54) is 31.2 Å². The van der Waals surface area contributed by atoms with Gasteiger partial charge in [-0.2, -0.15) is 31.4 Å². The number of nitrogens with one attached hydrogen (secondary N) is 2. The first kappa shape index (κ1) is 25.6. The van der Waals surface area contributed by atoms with Gasteiger partial charge in [-0.15, -0.1) is 0 Å². The second-order valence-corrected chi connectivity index (χ2v) is 7.88. The fourth-order valence-corrected chi connectivity index (χ4v) is 3.44. The van der Waals surface area contributed by atoms with Gasteiger partial charge in [-0.25, -0.2) is 4.99 Å². The average molecular weight is 523 g/mol. The van der Waals surface area contributed by atoms with Crippen LogP contribution < -0.4 is 5.32 Å². The average Bonchev–Trinajstić information content (AvgIpc) is 3.08. The number of amidine groups is 1. The van der Waals surface area contributed by atoms with E-state index in [2.05, 4.69) is 20.5 Å². The Hall–Kier alpha value is -3.05. The molecule has 0 fully saturated rings. The van der Waals surface area contributed by atoms with E-state index in [0.717, 1.165) is 18.2 Å².